The van der Waals surface area contributed by atoms with Crippen molar-refractivity contribution in [2.45, 2.75) is 0 Å². The van der Waals surface area contributed by atoms with Gasteiger partial charge in [0.2, 0.25) is 0 Å². The van der Waals surface area contributed by atoms with Crippen LogP contribution in [0.2, 0.25) is 0 Å². The van der Waals surface area contributed by atoms with E-state index in [4.69, 9.17) is 4.98 Å². The molecule has 11 aromatic rings. The second kappa shape index (κ2) is 14.0. The van der Waals surface area contributed by atoms with Gasteiger partial charge in [-0.25, -0.2) is 4.98 Å². The molecule has 0 unspecified atom stereocenters. The maximum Gasteiger partial charge on any atom is 0.124 e. The van der Waals surface area contributed by atoms with Crippen LogP contribution in [0.4, 0.5) is 17.1 Å². The molecule has 268 valence electrons. The van der Waals surface area contributed by atoms with Gasteiger partial charge < -0.3 is 4.90 Å². The van der Waals surface area contributed by atoms with E-state index in [1.807, 2.05) is 11.3 Å². The Morgan fingerprint density at radius 2 is 0.912 bits per heavy atom. The molecule has 4 heteroatoms. The molecule has 2 nitrogen and oxygen atoms in total. The number of hydrogen-bond donors (Lipinski definition) is 0. The highest BCUT2D eigenvalue weighted by Crippen LogP contribution is 2.48. The van der Waals surface area contributed by atoms with E-state index in [1.165, 1.54) is 69.0 Å². The monoisotopic (exact) mass is 762 g/mol. The molecule has 0 saturated carbocycles. The van der Waals surface area contributed by atoms with E-state index in [0.29, 0.717) is 0 Å². The van der Waals surface area contributed by atoms with Gasteiger partial charge in [0, 0.05) is 48.1 Å². The smallest absolute Gasteiger partial charge is 0.124 e. The van der Waals surface area contributed by atoms with Crippen LogP contribution in [0.25, 0.3) is 85.1 Å². The predicted octanol–water partition coefficient (Wildman–Crippen LogP) is 16.0. The third-order valence-electron chi connectivity index (χ3n) is 10.9. The Hall–Kier alpha value is -6.85. The molecule has 57 heavy (non-hydrogen) atoms. The van der Waals surface area contributed by atoms with Crippen molar-refractivity contribution in [3.63, 3.8) is 0 Å². The molecule has 0 saturated heterocycles. The third-order valence-corrected chi connectivity index (χ3v) is 13.3. The molecular weight excluding hydrogens is 729 g/mol. The average molecular weight is 763 g/mol. The quantitative estimate of drug-likeness (QED) is 0.161. The van der Waals surface area contributed by atoms with E-state index >= 15 is 0 Å². The standard InChI is InChI=1S/C53H34N2S2/c1-4-14-35(15-5-1)36-24-28-40(29-25-36)55(48-33-32-42(37-16-6-2-7-17-37)43-20-10-11-21-44(43)48)41-30-26-38(27-31-41)50-51-46(45-22-12-13-23-49(45)56-51)34-47-52(50)57-53(54-47)39-18-8-3-9-19-39/h1-34H. The molecule has 0 atom stereocenters. The van der Waals surface area contributed by atoms with Crippen LogP contribution in [-0.2, 0) is 0 Å². The molecule has 0 fully saturated rings. The number of thiazole rings is 1. The number of thiophene rings is 1. The van der Waals surface area contributed by atoms with Crippen molar-refractivity contribution in [3.8, 4) is 44.0 Å². The normalized spacial score (nSPS) is 11.5. The lowest BCUT2D eigenvalue weighted by atomic mass is 9.96. The molecule has 0 N–H and O–H groups in total. The second-order valence-corrected chi connectivity index (χ2v) is 16.4. The van der Waals surface area contributed by atoms with Crippen LogP contribution in [0, 0.1) is 0 Å². The molecule has 11 rings (SSSR count). The molecule has 0 radical (unpaired) electrons. The summed E-state index contributed by atoms with van der Waals surface area (Å²) in [5, 5.41) is 6.01. The van der Waals surface area contributed by atoms with E-state index in [-0.39, 0.29) is 0 Å². The summed E-state index contributed by atoms with van der Waals surface area (Å²) in [7, 11) is 0. The van der Waals surface area contributed by atoms with E-state index < -0.39 is 0 Å². The fraction of sp³-hybridized carbons (Fsp3) is 0. The highest BCUT2D eigenvalue weighted by molar-refractivity contribution is 7.27. The lowest BCUT2D eigenvalue weighted by Gasteiger charge is -2.28. The van der Waals surface area contributed by atoms with Crippen LogP contribution in [0.3, 0.4) is 0 Å². The second-order valence-electron chi connectivity index (χ2n) is 14.3. The minimum atomic E-state index is 1.04. The van der Waals surface area contributed by atoms with Crippen molar-refractivity contribution in [2.75, 3.05) is 4.90 Å². The van der Waals surface area contributed by atoms with Gasteiger partial charge in [-0.2, -0.15) is 0 Å². The number of aromatic nitrogens is 1. The first-order chi connectivity index (χ1) is 28.3. The first kappa shape index (κ1) is 33.5. The van der Waals surface area contributed by atoms with Gasteiger partial charge in [-0.05, 0) is 75.7 Å². The zero-order valence-corrected chi connectivity index (χ0v) is 32.5. The Labute approximate surface area is 339 Å². The largest absolute Gasteiger partial charge is 0.310 e. The SMILES string of the molecule is c1ccc(-c2ccc(N(c3ccc(-c4c5sc(-c6ccccc6)nc5cc5c4sc4ccccc45)cc3)c3ccc(-c4ccccc4)c4ccccc34)cc2)cc1. The van der Waals surface area contributed by atoms with Gasteiger partial charge in [0.15, 0.2) is 0 Å². The van der Waals surface area contributed by atoms with E-state index in [9.17, 15) is 0 Å². The van der Waals surface area contributed by atoms with E-state index in [1.54, 1.807) is 11.3 Å². The Morgan fingerprint density at radius 3 is 1.60 bits per heavy atom. The fourth-order valence-corrected chi connectivity index (χ4v) is 10.6. The summed E-state index contributed by atoms with van der Waals surface area (Å²) >= 11 is 3.66. The van der Waals surface area contributed by atoms with Crippen molar-refractivity contribution in [1.82, 2.24) is 4.98 Å². The van der Waals surface area contributed by atoms with Gasteiger partial charge in [0.1, 0.15) is 5.01 Å². The molecule has 0 aliphatic rings. The molecule has 2 aromatic heterocycles. The highest BCUT2D eigenvalue weighted by Gasteiger charge is 2.21. The molecule has 0 bridgehead atoms. The Bertz CT molecular complexity index is 3200. The Morgan fingerprint density at radius 1 is 0.368 bits per heavy atom. The number of rotatable bonds is 7. The van der Waals surface area contributed by atoms with Crippen LogP contribution in [-0.4, -0.2) is 4.98 Å². The average Bonchev–Trinajstić information content (AvgIpc) is 3.89. The van der Waals surface area contributed by atoms with Crippen molar-refractivity contribution in [3.05, 3.63) is 206 Å². The summed E-state index contributed by atoms with van der Waals surface area (Å²) in [6, 6.07) is 74.4. The molecular formula is C53H34N2S2. The number of nitrogens with zero attached hydrogens (tertiary/aromatic N) is 2. The van der Waals surface area contributed by atoms with Gasteiger partial charge in [-0.15, -0.1) is 22.7 Å². The molecule has 9 aromatic carbocycles. The molecule has 0 aliphatic carbocycles. The van der Waals surface area contributed by atoms with Crippen LogP contribution in [0.5, 0.6) is 0 Å². The zero-order chi connectivity index (χ0) is 37.7. The fourth-order valence-electron chi connectivity index (χ4n) is 8.20. The van der Waals surface area contributed by atoms with Crippen LogP contribution >= 0.6 is 22.7 Å². The summed E-state index contributed by atoms with van der Waals surface area (Å²) < 4.78 is 3.81. The summed E-state index contributed by atoms with van der Waals surface area (Å²) in [6.07, 6.45) is 0. The van der Waals surface area contributed by atoms with Gasteiger partial charge in [-0.3, -0.25) is 0 Å². The van der Waals surface area contributed by atoms with Gasteiger partial charge in [0.25, 0.3) is 0 Å². The van der Waals surface area contributed by atoms with Crippen molar-refractivity contribution >= 4 is 80.9 Å². The van der Waals surface area contributed by atoms with Crippen LogP contribution in [0.1, 0.15) is 0 Å². The summed E-state index contributed by atoms with van der Waals surface area (Å²) in [6.45, 7) is 0. The third kappa shape index (κ3) is 5.89. The molecule has 0 spiro atoms. The number of benzene rings is 9. The predicted molar refractivity (Wildman–Crippen MR) is 246 cm³/mol. The summed E-state index contributed by atoms with van der Waals surface area (Å²) in [5.74, 6) is 0. The van der Waals surface area contributed by atoms with E-state index in [2.05, 4.69) is 211 Å². The number of anilines is 3. The summed E-state index contributed by atoms with van der Waals surface area (Å²) in [4.78, 5) is 7.64. The molecule has 0 amide bonds. The zero-order valence-electron chi connectivity index (χ0n) is 30.8. The maximum absolute atomic E-state index is 5.23. The lowest BCUT2D eigenvalue weighted by molar-refractivity contribution is 1.30. The lowest BCUT2D eigenvalue weighted by Crippen LogP contribution is -2.10. The minimum Gasteiger partial charge on any atom is -0.310 e. The maximum atomic E-state index is 5.23. The van der Waals surface area contributed by atoms with Crippen LogP contribution in [0.15, 0.2) is 206 Å². The van der Waals surface area contributed by atoms with Crippen molar-refractivity contribution in [1.29, 1.82) is 0 Å². The van der Waals surface area contributed by atoms with Crippen LogP contribution < -0.4 is 4.90 Å². The summed E-state index contributed by atoms with van der Waals surface area (Å²) in [5.41, 5.74) is 12.8. The number of hydrogen-bond acceptors (Lipinski definition) is 4. The van der Waals surface area contributed by atoms with Gasteiger partial charge in [-0.1, -0.05) is 164 Å². The van der Waals surface area contributed by atoms with Crippen molar-refractivity contribution < 1.29 is 0 Å². The first-order valence-corrected chi connectivity index (χ1v) is 20.8. The van der Waals surface area contributed by atoms with E-state index in [0.717, 1.165) is 33.1 Å². The molecule has 0 aliphatic heterocycles. The van der Waals surface area contributed by atoms with Gasteiger partial charge >= 0.3 is 0 Å². The highest BCUT2D eigenvalue weighted by atomic mass is 32.1. The Kier molecular flexibility index (Phi) is 8.24. The van der Waals surface area contributed by atoms with Gasteiger partial charge in [0.05, 0.1) is 15.9 Å². The Balaban J connectivity index is 1.09. The minimum absolute atomic E-state index is 1.04. The topological polar surface area (TPSA) is 16.1 Å². The molecule has 2 heterocycles. The first-order valence-electron chi connectivity index (χ1n) is 19.2. The van der Waals surface area contributed by atoms with Crippen molar-refractivity contribution in [2.24, 2.45) is 0 Å². The number of fused-ring (bicyclic) bond motifs is 5.